The first-order chi connectivity index (χ1) is 11.7. The molecule has 0 saturated carbocycles. The fourth-order valence-corrected chi connectivity index (χ4v) is 2.97. The van der Waals surface area contributed by atoms with Crippen LogP contribution < -0.4 is 0 Å². The smallest absolute Gasteiger partial charge is 0.403 e. The number of hydrogen-bond acceptors (Lipinski definition) is 3. The molecule has 1 fully saturated rings. The number of carbonyl (C=O) groups is 1. The zero-order chi connectivity index (χ0) is 18.2. The third-order valence-corrected chi connectivity index (χ3v) is 5.39. The molecule has 25 heavy (non-hydrogen) atoms. The molecular weight excluding hydrogens is 311 g/mol. The van der Waals surface area contributed by atoms with Crippen molar-refractivity contribution in [2.24, 2.45) is 0 Å². The van der Waals surface area contributed by atoms with Crippen LogP contribution in [0.1, 0.15) is 61.9 Å². The Hall–Kier alpha value is -1.91. The summed E-state index contributed by atoms with van der Waals surface area (Å²) in [4.78, 5) is 12.7. The van der Waals surface area contributed by atoms with Crippen LogP contribution in [-0.4, -0.2) is 24.1 Å². The zero-order valence-corrected chi connectivity index (χ0v) is 15.6. The van der Waals surface area contributed by atoms with Gasteiger partial charge >= 0.3 is 7.12 Å². The van der Waals surface area contributed by atoms with Gasteiger partial charge in [-0.3, -0.25) is 4.79 Å². The molecule has 0 amide bonds. The summed E-state index contributed by atoms with van der Waals surface area (Å²) in [6.07, 6.45) is 0. The molecule has 1 unspecified atom stereocenters. The lowest BCUT2D eigenvalue weighted by Gasteiger charge is -2.32. The van der Waals surface area contributed by atoms with Crippen LogP contribution in [-0.2, 0) is 9.31 Å². The monoisotopic (exact) mass is 336 g/mol. The molecule has 1 aliphatic heterocycles. The number of hydrogen-bond donors (Lipinski definition) is 0. The van der Waals surface area contributed by atoms with E-state index in [1.54, 1.807) is 0 Å². The van der Waals surface area contributed by atoms with E-state index < -0.39 is 0 Å². The second kappa shape index (κ2) is 6.43. The summed E-state index contributed by atoms with van der Waals surface area (Å²) in [5.74, 6) is 0.0631. The van der Waals surface area contributed by atoms with Gasteiger partial charge in [-0.15, -0.1) is 0 Å². The minimum absolute atomic E-state index is 0.0311. The molecule has 130 valence electrons. The summed E-state index contributed by atoms with van der Waals surface area (Å²) in [7, 11) is -0.327. The largest absolute Gasteiger partial charge is 0.465 e. The van der Waals surface area contributed by atoms with E-state index >= 15 is 0 Å². The van der Waals surface area contributed by atoms with Crippen molar-refractivity contribution in [2.75, 3.05) is 0 Å². The number of benzene rings is 2. The molecule has 4 heteroatoms. The molecule has 0 aliphatic carbocycles. The van der Waals surface area contributed by atoms with Crippen molar-refractivity contribution in [3.63, 3.8) is 0 Å². The molecule has 1 aliphatic rings. The van der Waals surface area contributed by atoms with E-state index in [0.717, 1.165) is 5.56 Å². The van der Waals surface area contributed by atoms with Gasteiger partial charge in [-0.05, 0) is 39.3 Å². The van der Waals surface area contributed by atoms with Crippen molar-refractivity contribution >= 4 is 12.9 Å². The van der Waals surface area contributed by atoms with E-state index in [9.17, 15) is 4.79 Å². The van der Waals surface area contributed by atoms with Crippen LogP contribution in [0.2, 0.25) is 0 Å². The lowest BCUT2D eigenvalue weighted by atomic mass is 9.69. The van der Waals surface area contributed by atoms with Crippen LogP contribution in [0.15, 0.2) is 54.6 Å². The second-order valence-electron chi connectivity index (χ2n) is 7.73. The fourth-order valence-electron chi connectivity index (χ4n) is 2.97. The third-order valence-electron chi connectivity index (χ3n) is 5.39. The molecule has 0 aromatic heterocycles. The SMILES string of the molecule is CC(B1OC(C)(C)C(C)(C)O1)c1cccc(C(=O)c2ccccc2)c1. The molecule has 2 aromatic carbocycles. The average molecular weight is 336 g/mol. The van der Waals surface area contributed by atoms with Crippen LogP contribution in [0.25, 0.3) is 0 Å². The summed E-state index contributed by atoms with van der Waals surface area (Å²) in [6.45, 7) is 10.3. The second-order valence-corrected chi connectivity index (χ2v) is 7.73. The van der Waals surface area contributed by atoms with Gasteiger partial charge in [0.25, 0.3) is 0 Å². The minimum atomic E-state index is -0.358. The predicted molar refractivity (Wildman–Crippen MR) is 101 cm³/mol. The molecule has 1 saturated heterocycles. The Morgan fingerprint density at radius 1 is 0.880 bits per heavy atom. The molecule has 1 heterocycles. The molecule has 0 spiro atoms. The Morgan fingerprint density at radius 2 is 1.44 bits per heavy atom. The summed E-state index contributed by atoms with van der Waals surface area (Å²) >= 11 is 0. The summed E-state index contributed by atoms with van der Waals surface area (Å²) in [6, 6.07) is 17.1. The molecule has 0 N–H and O–H groups in total. The van der Waals surface area contributed by atoms with Gasteiger partial charge in [-0.1, -0.05) is 55.5 Å². The van der Waals surface area contributed by atoms with Crippen LogP contribution >= 0.6 is 0 Å². The van der Waals surface area contributed by atoms with Crippen molar-refractivity contribution in [3.05, 3.63) is 71.3 Å². The number of ketones is 1. The number of carbonyl (C=O) groups excluding carboxylic acids is 1. The van der Waals surface area contributed by atoms with Gasteiger partial charge in [0.2, 0.25) is 0 Å². The molecule has 1 atom stereocenters. The van der Waals surface area contributed by atoms with E-state index in [0.29, 0.717) is 11.1 Å². The quantitative estimate of drug-likeness (QED) is 0.602. The van der Waals surface area contributed by atoms with Gasteiger partial charge in [0.15, 0.2) is 5.78 Å². The van der Waals surface area contributed by atoms with E-state index in [1.165, 1.54) is 0 Å². The fraction of sp³-hybridized carbons (Fsp3) is 0.381. The van der Waals surface area contributed by atoms with Crippen molar-refractivity contribution in [3.8, 4) is 0 Å². The Morgan fingerprint density at radius 3 is 2.04 bits per heavy atom. The van der Waals surface area contributed by atoms with Gasteiger partial charge in [0.05, 0.1) is 11.2 Å². The zero-order valence-electron chi connectivity index (χ0n) is 15.6. The molecule has 2 aromatic rings. The van der Waals surface area contributed by atoms with Gasteiger partial charge in [0.1, 0.15) is 0 Å². The predicted octanol–water partition coefficient (Wildman–Crippen LogP) is 4.65. The standard InChI is InChI=1S/C21H25BO3/c1-15(22-24-20(2,3)21(4,5)25-22)17-12-9-13-18(14-17)19(23)16-10-7-6-8-11-16/h6-15H,1-5H3. The highest BCUT2D eigenvalue weighted by Crippen LogP contribution is 2.40. The summed E-state index contributed by atoms with van der Waals surface area (Å²) in [5.41, 5.74) is 1.71. The highest BCUT2D eigenvalue weighted by molar-refractivity contribution is 6.47. The first-order valence-electron chi connectivity index (χ1n) is 8.77. The lowest BCUT2D eigenvalue weighted by Crippen LogP contribution is -2.41. The van der Waals surface area contributed by atoms with Crippen molar-refractivity contribution in [2.45, 2.75) is 51.6 Å². The highest BCUT2D eigenvalue weighted by atomic mass is 16.7. The topological polar surface area (TPSA) is 35.5 Å². The van der Waals surface area contributed by atoms with Crippen molar-refractivity contribution < 1.29 is 14.1 Å². The van der Waals surface area contributed by atoms with Crippen LogP contribution in [0.5, 0.6) is 0 Å². The van der Waals surface area contributed by atoms with E-state index in [1.807, 2.05) is 54.6 Å². The Labute approximate surface area is 150 Å². The maximum atomic E-state index is 12.7. The summed E-state index contributed by atoms with van der Waals surface area (Å²) in [5, 5.41) is 0. The van der Waals surface area contributed by atoms with Gasteiger partial charge in [-0.25, -0.2) is 0 Å². The van der Waals surface area contributed by atoms with Crippen molar-refractivity contribution in [1.29, 1.82) is 0 Å². The van der Waals surface area contributed by atoms with Gasteiger partial charge in [0, 0.05) is 16.9 Å². The minimum Gasteiger partial charge on any atom is -0.403 e. The first kappa shape index (κ1) is 17.9. The Bertz CT molecular complexity index is 752. The van der Waals surface area contributed by atoms with Crippen molar-refractivity contribution in [1.82, 2.24) is 0 Å². The Kier molecular flexibility index (Phi) is 4.61. The lowest BCUT2D eigenvalue weighted by molar-refractivity contribution is 0.00578. The molecule has 3 rings (SSSR count). The van der Waals surface area contributed by atoms with Crippen LogP contribution in [0.4, 0.5) is 0 Å². The van der Waals surface area contributed by atoms with Gasteiger partial charge in [-0.2, -0.15) is 0 Å². The van der Waals surface area contributed by atoms with Crippen LogP contribution in [0, 0.1) is 0 Å². The normalized spacial score (nSPS) is 19.6. The van der Waals surface area contributed by atoms with Gasteiger partial charge < -0.3 is 9.31 Å². The van der Waals surface area contributed by atoms with E-state index in [-0.39, 0.29) is 29.9 Å². The maximum absolute atomic E-state index is 12.7. The highest BCUT2D eigenvalue weighted by Gasteiger charge is 2.53. The molecule has 0 radical (unpaired) electrons. The summed E-state index contributed by atoms with van der Waals surface area (Å²) < 4.78 is 12.3. The maximum Gasteiger partial charge on any atom is 0.465 e. The first-order valence-corrected chi connectivity index (χ1v) is 8.77. The Balaban J connectivity index is 1.84. The van der Waals surface area contributed by atoms with E-state index in [4.69, 9.17) is 9.31 Å². The van der Waals surface area contributed by atoms with E-state index in [2.05, 4.69) is 34.6 Å². The third kappa shape index (κ3) is 3.42. The molecular formula is C21H25BO3. The average Bonchev–Trinajstić information content (AvgIpc) is 2.82. The molecule has 0 bridgehead atoms. The number of rotatable bonds is 4. The molecule has 3 nitrogen and oxygen atoms in total. The van der Waals surface area contributed by atoms with Crippen LogP contribution in [0.3, 0.4) is 0 Å².